The van der Waals surface area contributed by atoms with Gasteiger partial charge in [0.15, 0.2) is 0 Å². The van der Waals surface area contributed by atoms with Crippen LogP contribution < -0.4 is 16.1 Å². The number of unbranched alkanes of at least 4 members (excludes halogenated alkanes) is 2. The molecule has 0 saturated heterocycles. The fourth-order valence-electron chi connectivity index (χ4n) is 6.05. The summed E-state index contributed by atoms with van der Waals surface area (Å²) in [6.07, 6.45) is 11.0. The number of imidazole rings is 1. The molecule has 5 aromatic carbocycles. The third kappa shape index (κ3) is 7.75. The van der Waals surface area contributed by atoms with E-state index in [1.165, 1.54) is 58.5 Å². The van der Waals surface area contributed by atoms with E-state index in [0.717, 1.165) is 0 Å². The van der Waals surface area contributed by atoms with Crippen molar-refractivity contribution in [2.75, 3.05) is 0 Å². The molecule has 0 unspecified atom stereocenters. The van der Waals surface area contributed by atoms with Gasteiger partial charge in [0.25, 0.3) is 0 Å². The monoisotopic (exact) mass is 590 g/mol. The standard InChI is InChI=1S/C27H30N2Si.C13H13B/c1-2-3-6-11-23-16-18-26(19-17-23)30-27(29-21-20-28-22-29,24-12-7-4-8-13-24)25-14-9-5-10-15-25;1-14(12-8-4-2-5-9-12)13-10-6-3-7-11-13/h4-5,7-10,12-22H,2-3,6,11,30H2,1H3;2-11H,1H3. The third-order valence-corrected chi connectivity index (χ3v) is 11.2. The zero-order valence-electron chi connectivity index (χ0n) is 26.1. The molecule has 0 fully saturated rings. The summed E-state index contributed by atoms with van der Waals surface area (Å²) in [5.41, 5.74) is 6.85. The van der Waals surface area contributed by atoms with E-state index < -0.39 is 9.52 Å². The summed E-state index contributed by atoms with van der Waals surface area (Å²) in [5, 5.41) is 1.26. The summed E-state index contributed by atoms with van der Waals surface area (Å²) in [4.78, 5) is 4.42. The molecule has 1 heterocycles. The maximum Gasteiger partial charge on any atom is 0.206 e. The molecule has 4 heteroatoms. The average Bonchev–Trinajstić information content (AvgIpc) is 3.65. The number of rotatable bonds is 11. The van der Waals surface area contributed by atoms with Crippen molar-refractivity contribution in [2.24, 2.45) is 0 Å². The molecule has 0 N–H and O–H groups in total. The molecule has 0 spiro atoms. The van der Waals surface area contributed by atoms with Crippen LogP contribution >= 0.6 is 0 Å². The summed E-state index contributed by atoms with van der Waals surface area (Å²) in [5.74, 6) is 0. The topological polar surface area (TPSA) is 17.8 Å². The predicted molar refractivity (Wildman–Crippen MR) is 193 cm³/mol. The predicted octanol–water partition coefficient (Wildman–Crippen LogP) is 6.78. The van der Waals surface area contributed by atoms with Crippen LogP contribution in [0.3, 0.4) is 0 Å². The van der Waals surface area contributed by atoms with Gasteiger partial charge in [-0.2, -0.15) is 0 Å². The maximum absolute atomic E-state index is 4.42. The van der Waals surface area contributed by atoms with E-state index in [4.69, 9.17) is 0 Å². The summed E-state index contributed by atoms with van der Waals surface area (Å²) in [6, 6.07) is 52.4. The van der Waals surface area contributed by atoms with Gasteiger partial charge in [-0.1, -0.05) is 188 Å². The van der Waals surface area contributed by atoms with Crippen molar-refractivity contribution in [1.29, 1.82) is 0 Å². The van der Waals surface area contributed by atoms with Crippen LogP contribution in [0.5, 0.6) is 0 Å². The van der Waals surface area contributed by atoms with Crippen molar-refractivity contribution in [3.05, 3.63) is 181 Å². The largest absolute Gasteiger partial charge is 0.326 e. The molecule has 0 aliphatic rings. The second-order valence-electron chi connectivity index (χ2n) is 11.6. The van der Waals surface area contributed by atoms with E-state index >= 15 is 0 Å². The Hall–Kier alpha value is -4.41. The van der Waals surface area contributed by atoms with Gasteiger partial charge in [-0.25, -0.2) is 4.98 Å². The Bertz CT molecular complexity index is 1540. The highest BCUT2D eigenvalue weighted by atomic mass is 28.2. The quantitative estimate of drug-likeness (QED) is 0.120. The van der Waals surface area contributed by atoms with E-state index in [1.807, 2.05) is 12.5 Å². The average molecular weight is 591 g/mol. The molecule has 0 saturated carbocycles. The molecular formula is C40H43BN2Si. The number of hydrogen-bond donors (Lipinski definition) is 0. The molecular weight excluding hydrogens is 547 g/mol. The summed E-state index contributed by atoms with van der Waals surface area (Å²) >= 11 is 0. The Morgan fingerprint density at radius 3 is 1.59 bits per heavy atom. The second-order valence-corrected chi connectivity index (χ2v) is 13.7. The molecule has 0 aliphatic carbocycles. The minimum absolute atomic E-state index is 0.206. The van der Waals surface area contributed by atoms with Gasteiger partial charge in [0.2, 0.25) is 6.71 Å². The van der Waals surface area contributed by atoms with Crippen LogP contribution in [0.2, 0.25) is 6.82 Å². The molecule has 6 aromatic rings. The first-order valence-electron chi connectivity index (χ1n) is 16.0. The van der Waals surface area contributed by atoms with Crippen LogP contribution in [0.4, 0.5) is 0 Å². The highest BCUT2D eigenvalue weighted by molar-refractivity contribution is 6.84. The van der Waals surface area contributed by atoms with Crippen LogP contribution in [0.25, 0.3) is 0 Å². The zero-order valence-corrected chi connectivity index (χ0v) is 27.5. The van der Waals surface area contributed by atoms with Crippen molar-refractivity contribution >= 4 is 32.3 Å². The normalized spacial score (nSPS) is 11.2. The number of aromatic nitrogens is 2. The van der Waals surface area contributed by atoms with Gasteiger partial charge in [0.05, 0.1) is 21.0 Å². The third-order valence-electron chi connectivity index (χ3n) is 8.60. The van der Waals surface area contributed by atoms with Crippen molar-refractivity contribution in [1.82, 2.24) is 9.55 Å². The Morgan fingerprint density at radius 2 is 1.14 bits per heavy atom. The Kier molecular flexibility index (Phi) is 11.2. The molecule has 2 nitrogen and oxygen atoms in total. The Morgan fingerprint density at radius 1 is 0.636 bits per heavy atom. The van der Waals surface area contributed by atoms with Gasteiger partial charge in [0, 0.05) is 12.4 Å². The molecule has 0 atom stereocenters. The number of benzene rings is 5. The van der Waals surface area contributed by atoms with Crippen molar-refractivity contribution in [3.8, 4) is 0 Å². The van der Waals surface area contributed by atoms with Crippen LogP contribution in [-0.2, 0) is 11.6 Å². The van der Waals surface area contributed by atoms with E-state index in [9.17, 15) is 0 Å². The Balaban J connectivity index is 0.000000229. The van der Waals surface area contributed by atoms with Gasteiger partial charge in [0.1, 0.15) is 0 Å². The highest BCUT2D eigenvalue weighted by Crippen LogP contribution is 2.33. The summed E-state index contributed by atoms with van der Waals surface area (Å²) in [6.45, 7) is 4.99. The molecule has 1 aromatic heterocycles. The van der Waals surface area contributed by atoms with Crippen LogP contribution in [0, 0.1) is 0 Å². The lowest BCUT2D eigenvalue weighted by Gasteiger charge is -2.37. The van der Waals surface area contributed by atoms with Crippen molar-refractivity contribution < 1.29 is 0 Å². The Labute approximate surface area is 266 Å². The van der Waals surface area contributed by atoms with E-state index in [1.54, 1.807) is 0 Å². The lowest BCUT2D eigenvalue weighted by Crippen LogP contribution is -2.46. The van der Waals surface area contributed by atoms with Crippen molar-refractivity contribution in [3.63, 3.8) is 0 Å². The SMILES string of the molecule is CB(c1ccccc1)c1ccccc1.CCCCCc1ccc([SiH2]C(c2ccccc2)(c2ccccc2)n2ccnc2)cc1. The van der Waals surface area contributed by atoms with Gasteiger partial charge in [-0.15, -0.1) is 0 Å². The minimum atomic E-state index is -0.786. The van der Waals surface area contributed by atoms with Gasteiger partial charge in [-0.3, -0.25) is 0 Å². The number of nitrogens with zero attached hydrogens (tertiary/aromatic N) is 2. The lowest BCUT2D eigenvalue weighted by atomic mass is 9.43. The fraction of sp³-hybridized carbons (Fsp3) is 0.175. The van der Waals surface area contributed by atoms with Gasteiger partial charge in [-0.05, 0) is 29.5 Å². The summed E-state index contributed by atoms with van der Waals surface area (Å²) in [7, 11) is -0.786. The first-order chi connectivity index (χ1) is 21.7. The molecule has 0 aliphatic heterocycles. The smallest absolute Gasteiger partial charge is 0.206 e. The van der Waals surface area contributed by atoms with Gasteiger partial charge < -0.3 is 4.57 Å². The maximum atomic E-state index is 4.42. The highest BCUT2D eigenvalue weighted by Gasteiger charge is 2.36. The molecule has 0 bridgehead atoms. The van der Waals surface area contributed by atoms with E-state index in [-0.39, 0.29) is 5.16 Å². The lowest BCUT2D eigenvalue weighted by molar-refractivity contribution is 0.596. The van der Waals surface area contributed by atoms with Gasteiger partial charge >= 0.3 is 0 Å². The number of aryl methyl sites for hydroxylation is 1. The molecule has 220 valence electrons. The summed E-state index contributed by atoms with van der Waals surface area (Å²) < 4.78 is 2.32. The molecule has 0 radical (unpaired) electrons. The molecule has 6 rings (SSSR count). The molecule has 0 amide bonds. The second kappa shape index (κ2) is 15.9. The molecule has 44 heavy (non-hydrogen) atoms. The van der Waals surface area contributed by atoms with E-state index in [2.05, 4.69) is 175 Å². The fourth-order valence-corrected chi connectivity index (χ4v) is 8.36. The van der Waals surface area contributed by atoms with E-state index in [0.29, 0.717) is 6.71 Å². The van der Waals surface area contributed by atoms with Crippen LogP contribution in [0.1, 0.15) is 42.9 Å². The van der Waals surface area contributed by atoms with Crippen molar-refractivity contribution in [2.45, 2.75) is 44.6 Å². The number of hydrogen-bond acceptors (Lipinski definition) is 1. The minimum Gasteiger partial charge on any atom is -0.326 e. The zero-order chi connectivity index (χ0) is 30.5. The van der Waals surface area contributed by atoms with Crippen LogP contribution in [0.15, 0.2) is 164 Å². The first kappa shape index (κ1) is 31.0. The first-order valence-corrected chi connectivity index (χ1v) is 17.4. The van der Waals surface area contributed by atoms with Crippen LogP contribution in [-0.4, -0.2) is 25.8 Å².